The van der Waals surface area contributed by atoms with Crippen molar-refractivity contribution in [2.24, 2.45) is 0 Å². The van der Waals surface area contributed by atoms with E-state index < -0.39 is 0 Å². The van der Waals surface area contributed by atoms with E-state index in [0.717, 1.165) is 29.2 Å². The van der Waals surface area contributed by atoms with Gasteiger partial charge in [0.1, 0.15) is 5.69 Å². The number of aromatic nitrogens is 4. The van der Waals surface area contributed by atoms with Crippen molar-refractivity contribution < 1.29 is 4.79 Å². The molecule has 0 aliphatic heterocycles. The van der Waals surface area contributed by atoms with Crippen LogP contribution in [0.2, 0.25) is 0 Å². The summed E-state index contributed by atoms with van der Waals surface area (Å²) in [7, 11) is 0. The Kier molecular flexibility index (Phi) is 4.46. The molecule has 0 unspecified atom stereocenters. The zero-order valence-corrected chi connectivity index (χ0v) is 14.2. The van der Waals surface area contributed by atoms with Crippen molar-refractivity contribution in [3.63, 3.8) is 0 Å². The molecular weight excluding hydrogens is 302 g/mol. The lowest BCUT2D eigenvalue weighted by Crippen LogP contribution is -2.24. The second-order valence-electron chi connectivity index (χ2n) is 5.64. The van der Waals surface area contributed by atoms with Crippen LogP contribution in [-0.4, -0.2) is 25.5 Å². The maximum atomic E-state index is 12.2. The normalized spacial score (nSPS) is 10.8. The Morgan fingerprint density at radius 1 is 1.12 bits per heavy atom. The molecule has 0 aliphatic carbocycles. The fourth-order valence-corrected chi connectivity index (χ4v) is 2.67. The topological polar surface area (TPSA) is 64.7 Å². The number of aryl methyl sites for hydroxylation is 2. The molecule has 2 aromatic heterocycles. The van der Waals surface area contributed by atoms with Crippen LogP contribution in [0.5, 0.6) is 0 Å². The highest BCUT2D eigenvalue weighted by molar-refractivity contribution is 5.92. The third kappa shape index (κ3) is 3.08. The molecule has 3 aromatic rings. The summed E-state index contributed by atoms with van der Waals surface area (Å²) in [4.78, 5) is 12.2. The number of hydrogen-bond donors (Lipinski definition) is 1. The number of carbonyl (C=O) groups excluding carboxylic acids is 1. The fraction of sp³-hybridized carbons (Fsp3) is 0.278. The summed E-state index contributed by atoms with van der Waals surface area (Å²) in [6.07, 6.45) is 1.80. The van der Waals surface area contributed by atoms with Crippen molar-refractivity contribution in [2.45, 2.75) is 33.9 Å². The van der Waals surface area contributed by atoms with Gasteiger partial charge < -0.3 is 5.32 Å². The lowest BCUT2D eigenvalue weighted by Gasteiger charge is -2.06. The minimum absolute atomic E-state index is 0.173. The molecule has 0 saturated heterocycles. The van der Waals surface area contributed by atoms with Gasteiger partial charge >= 0.3 is 0 Å². The average molecular weight is 323 g/mol. The molecule has 1 aromatic carbocycles. The van der Waals surface area contributed by atoms with Gasteiger partial charge in [-0.05, 0) is 39.0 Å². The van der Waals surface area contributed by atoms with E-state index in [9.17, 15) is 4.79 Å². The minimum atomic E-state index is -0.173. The Labute approximate surface area is 141 Å². The third-order valence-corrected chi connectivity index (χ3v) is 4.06. The minimum Gasteiger partial charge on any atom is -0.346 e. The van der Waals surface area contributed by atoms with Crippen molar-refractivity contribution in [3.8, 4) is 5.69 Å². The molecule has 0 radical (unpaired) electrons. The molecule has 1 N–H and O–H groups in total. The van der Waals surface area contributed by atoms with Crippen LogP contribution < -0.4 is 5.32 Å². The molecule has 2 heterocycles. The number of benzene rings is 1. The summed E-state index contributed by atoms with van der Waals surface area (Å²) in [6, 6.07) is 11.7. The van der Waals surface area contributed by atoms with E-state index in [1.54, 1.807) is 16.9 Å². The highest BCUT2D eigenvalue weighted by atomic mass is 16.1. The van der Waals surface area contributed by atoms with Crippen LogP contribution in [0.1, 0.15) is 34.4 Å². The molecule has 3 rings (SSSR count). The first kappa shape index (κ1) is 16.0. The average Bonchev–Trinajstić information content (AvgIpc) is 3.19. The van der Waals surface area contributed by atoms with Crippen LogP contribution in [0.4, 0.5) is 0 Å². The Morgan fingerprint density at radius 3 is 2.54 bits per heavy atom. The zero-order valence-electron chi connectivity index (χ0n) is 14.2. The first-order valence-electron chi connectivity index (χ1n) is 8.02. The van der Waals surface area contributed by atoms with Gasteiger partial charge in [0, 0.05) is 30.5 Å². The van der Waals surface area contributed by atoms with Crippen molar-refractivity contribution in [1.82, 2.24) is 24.9 Å². The van der Waals surface area contributed by atoms with Crippen LogP contribution in [0, 0.1) is 13.8 Å². The smallest absolute Gasteiger partial charge is 0.272 e. The Hall–Kier alpha value is -2.89. The lowest BCUT2D eigenvalue weighted by molar-refractivity contribution is 0.0945. The van der Waals surface area contributed by atoms with Crippen LogP contribution in [0.15, 0.2) is 42.6 Å². The SMILES string of the molecule is CCn1ccc(C(=O)NCc2c(C)nn(-c3ccccc3)c2C)n1. The second kappa shape index (κ2) is 6.70. The lowest BCUT2D eigenvalue weighted by atomic mass is 10.2. The van der Waals surface area contributed by atoms with E-state index in [1.165, 1.54) is 0 Å². The monoisotopic (exact) mass is 323 g/mol. The summed E-state index contributed by atoms with van der Waals surface area (Å²) in [5.41, 5.74) is 4.41. The largest absolute Gasteiger partial charge is 0.346 e. The number of nitrogens with one attached hydrogen (secondary N) is 1. The van der Waals surface area contributed by atoms with E-state index in [-0.39, 0.29) is 5.91 Å². The number of hydrogen-bond acceptors (Lipinski definition) is 3. The van der Waals surface area contributed by atoms with E-state index in [4.69, 9.17) is 0 Å². The number of para-hydroxylation sites is 1. The number of carbonyl (C=O) groups is 1. The standard InChI is InChI=1S/C18H21N5O/c1-4-22-11-10-17(21-22)18(24)19-12-16-13(2)20-23(14(16)3)15-8-6-5-7-9-15/h5-11H,4,12H2,1-3H3,(H,19,24). The predicted octanol–water partition coefficient (Wildman–Crippen LogP) is 2.64. The summed E-state index contributed by atoms with van der Waals surface area (Å²) in [6.45, 7) is 7.14. The molecule has 24 heavy (non-hydrogen) atoms. The summed E-state index contributed by atoms with van der Waals surface area (Å²) >= 11 is 0. The van der Waals surface area contributed by atoms with Gasteiger partial charge in [0.2, 0.25) is 0 Å². The van der Waals surface area contributed by atoms with E-state index in [0.29, 0.717) is 12.2 Å². The van der Waals surface area contributed by atoms with Gasteiger partial charge in [-0.15, -0.1) is 0 Å². The molecule has 0 spiro atoms. The molecule has 0 saturated carbocycles. The molecule has 0 aliphatic rings. The van der Waals surface area contributed by atoms with Gasteiger partial charge in [0.05, 0.1) is 11.4 Å². The predicted molar refractivity (Wildman–Crippen MR) is 92.1 cm³/mol. The van der Waals surface area contributed by atoms with Crippen LogP contribution in [0.3, 0.4) is 0 Å². The van der Waals surface area contributed by atoms with Crippen LogP contribution in [0.25, 0.3) is 5.69 Å². The first-order chi connectivity index (χ1) is 11.6. The van der Waals surface area contributed by atoms with Crippen LogP contribution in [-0.2, 0) is 13.1 Å². The van der Waals surface area contributed by atoms with Crippen molar-refractivity contribution in [2.75, 3.05) is 0 Å². The Morgan fingerprint density at radius 2 is 1.88 bits per heavy atom. The molecular formula is C18H21N5O. The summed E-state index contributed by atoms with van der Waals surface area (Å²) in [5, 5.41) is 11.7. The highest BCUT2D eigenvalue weighted by Gasteiger charge is 2.15. The van der Waals surface area contributed by atoms with E-state index in [1.807, 2.05) is 55.8 Å². The Balaban J connectivity index is 1.76. The summed E-state index contributed by atoms with van der Waals surface area (Å²) < 4.78 is 3.64. The van der Waals surface area contributed by atoms with E-state index >= 15 is 0 Å². The maximum Gasteiger partial charge on any atom is 0.272 e. The second-order valence-corrected chi connectivity index (χ2v) is 5.64. The van der Waals surface area contributed by atoms with Crippen molar-refractivity contribution >= 4 is 5.91 Å². The number of rotatable bonds is 5. The Bertz CT molecular complexity index is 848. The molecule has 6 nitrogen and oxygen atoms in total. The molecule has 0 bridgehead atoms. The van der Waals surface area contributed by atoms with Gasteiger partial charge in [0.25, 0.3) is 5.91 Å². The van der Waals surface area contributed by atoms with Gasteiger partial charge in [-0.25, -0.2) is 4.68 Å². The van der Waals surface area contributed by atoms with E-state index in [2.05, 4.69) is 15.5 Å². The van der Waals surface area contributed by atoms with Gasteiger partial charge in [-0.1, -0.05) is 18.2 Å². The van der Waals surface area contributed by atoms with Crippen LogP contribution >= 0.6 is 0 Å². The summed E-state index contributed by atoms with van der Waals surface area (Å²) in [5.74, 6) is -0.173. The number of nitrogens with zero attached hydrogens (tertiary/aromatic N) is 4. The molecule has 6 heteroatoms. The fourth-order valence-electron chi connectivity index (χ4n) is 2.67. The first-order valence-corrected chi connectivity index (χ1v) is 8.02. The van der Waals surface area contributed by atoms with Gasteiger partial charge in [-0.2, -0.15) is 10.2 Å². The van der Waals surface area contributed by atoms with Crippen molar-refractivity contribution in [3.05, 3.63) is 65.2 Å². The van der Waals surface area contributed by atoms with Crippen molar-refractivity contribution in [1.29, 1.82) is 0 Å². The zero-order chi connectivity index (χ0) is 17.1. The molecule has 0 fully saturated rings. The maximum absolute atomic E-state index is 12.2. The van der Waals surface area contributed by atoms with Gasteiger partial charge in [0.15, 0.2) is 0 Å². The molecule has 124 valence electrons. The molecule has 0 atom stereocenters. The third-order valence-electron chi connectivity index (χ3n) is 4.06. The molecule has 1 amide bonds. The highest BCUT2D eigenvalue weighted by Crippen LogP contribution is 2.17. The van der Waals surface area contributed by atoms with Gasteiger partial charge in [-0.3, -0.25) is 9.48 Å². The number of amides is 1. The quantitative estimate of drug-likeness (QED) is 0.785.